The summed E-state index contributed by atoms with van der Waals surface area (Å²) in [5.41, 5.74) is 1.88. The van der Waals surface area contributed by atoms with Gasteiger partial charge >= 0.3 is 5.97 Å². The first-order valence-electron chi connectivity index (χ1n) is 10.9. The topological polar surface area (TPSA) is 64.6 Å². The summed E-state index contributed by atoms with van der Waals surface area (Å²) >= 11 is 0. The Balaban J connectivity index is 1.62. The molecule has 5 atom stereocenters. The Kier molecular flexibility index (Phi) is 5.22. The lowest BCUT2D eigenvalue weighted by Crippen LogP contribution is -2.58. The Morgan fingerprint density at radius 1 is 1.24 bits per heavy atom. The lowest BCUT2D eigenvalue weighted by molar-refractivity contribution is -0.137. The summed E-state index contributed by atoms with van der Waals surface area (Å²) in [6.45, 7) is 7.42. The molecule has 0 radical (unpaired) electrons. The summed E-state index contributed by atoms with van der Waals surface area (Å²) in [5, 5.41) is 3.44. The molecule has 2 saturated carbocycles. The van der Waals surface area contributed by atoms with Gasteiger partial charge < -0.3 is 14.8 Å². The molecule has 4 rings (SSSR count). The normalized spacial score (nSPS) is 34.5. The Bertz CT molecular complexity index is 787. The Morgan fingerprint density at radius 2 is 1.97 bits per heavy atom. The monoisotopic (exact) mass is 399 g/mol. The number of fused-ring (bicyclic) bond motifs is 1. The van der Waals surface area contributed by atoms with Crippen molar-refractivity contribution in [2.24, 2.45) is 22.7 Å². The van der Waals surface area contributed by atoms with Gasteiger partial charge in [-0.1, -0.05) is 32.9 Å². The SMILES string of the molecule is CCCC(=O)N[C@@H]1C(C)(C)[C@@H]2C[C@@H]3[C@@H](c4ccc(C(=O)OC)cc4)OCCC31C2. The maximum absolute atomic E-state index is 12.5. The van der Waals surface area contributed by atoms with Crippen LogP contribution in [-0.4, -0.2) is 31.6 Å². The van der Waals surface area contributed by atoms with Crippen LogP contribution in [0.5, 0.6) is 0 Å². The van der Waals surface area contributed by atoms with E-state index in [0.29, 0.717) is 30.4 Å². The van der Waals surface area contributed by atoms with E-state index in [9.17, 15) is 9.59 Å². The van der Waals surface area contributed by atoms with Crippen molar-refractivity contribution in [1.82, 2.24) is 5.32 Å². The lowest BCUT2D eigenvalue weighted by atomic mass is 9.59. The van der Waals surface area contributed by atoms with E-state index in [2.05, 4.69) is 26.1 Å². The summed E-state index contributed by atoms with van der Waals surface area (Å²) in [7, 11) is 1.40. The Morgan fingerprint density at radius 3 is 2.62 bits per heavy atom. The van der Waals surface area contributed by atoms with E-state index in [4.69, 9.17) is 9.47 Å². The van der Waals surface area contributed by atoms with Gasteiger partial charge in [-0.3, -0.25) is 4.79 Å². The molecule has 1 amide bonds. The molecule has 5 nitrogen and oxygen atoms in total. The number of nitrogens with one attached hydrogen (secondary N) is 1. The van der Waals surface area contributed by atoms with E-state index in [1.165, 1.54) is 13.5 Å². The van der Waals surface area contributed by atoms with Gasteiger partial charge in [0.2, 0.25) is 5.91 Å². The molecule has 1 aromatic rings. The maximum atomic E-state index is 12.5. The van der Waals surface area contributed by atoms with Gasteiger partial charge in [0.05, 0.1) is 18.8 Å². The molecular formula is C24H33NO4. The van der Waals surface area contributed by atoms with Crippen LogP contribution in [0.2, 0.25) is 0 Å². The standard InChI is InChI=1S/C24H33NO4/c1-5-6-19(26)25-22-23(2,3)17-13-18-20(29-12-11-24(18,22)14-17)15-7-9-16(10-8-15)21(27)28-4/h7-10,17-18,20,22H,5-6,11-14H2,1-4H3,(H,25,26)/t17-,18-,20-,22-,24?/m1/s1. The van der Waals surface area contributed by atoms with Crippen LogP contribution >= 0.6 is 0 Å². The number of ether oxygens (including phenoxy) is 2. The molecular weight excluding hydrogens is 366 g/mol. The van der Waals surface area contributed by atoms with Gasteiger partial charge in [-0.2, -0.15) is 0 Å². The van der Waals surface area contributed by atoms with Crippen molar-refractivity contribution in [3.05, 3.63) is 35.4 Å². The minimum atomic E-state index is -0.321. The zero-order chi connectivity index (χ0) is 20.8. The average Bonchev–Trinajstić information content (AvgIpc) is 3.20. The molecule has 1 aliphatic heterocycles. The number of hydrogen-bond acceptors (Lipinski definition) is 4. The zero-order valence-corrected chi connectivity index (χ0v) is 18.0. The van der Waals surface area contributed by atoms with Crippen LogP contribution in [0.3, 0.4) is 0 Å². The molecule has 1 heterocycles. The molecule has 3 aliphatic rings. The third kappa shape index (κ3) is 3.18. The van der Waals surface area contributed by atoms with Gasteiger partial charge in [0.1, 0.15) is 0 Å². The highest BCUT2D eigenvalue weighted by Gasteiger charge is 2.68. The molecule has 2 bridgehead atoms. The van der Waals surface area contributed by atoms with Crippen molar-refractivity contribution in [1.29, 1.82) is 0 Å². The van der Waals surface area contributed by atoms with E-state index in [-0.39, 0.29) is 34.9 Å². The van der Waals surface area contributed by atoms with E-state index in [1.54, 1.807) is 0 Å². The minimum absolute atomic E-state index is 0.0159. The number of carbonyl (C=O) groups excluding carboxylic acids is 2. The van der Waals surface area contributed by atoms with Gasteiger partial charge in [-0.15, -0.1) is 0 Å². The molecule has 1 spiro atoms. The number of carbonyl (C=O) groups is 2. The number of benzene rings is 1. The molecule has 3 fully saturated rings. The highest BCUT2D eigenvalue weighted by molar-refractivity contribution is 5.89. The first kappa shape index (κ1) is 20.4. The minimum Gasteiger partial charge on any atom is -0.465 e. The van der Waals surface area contributed by atoms with E-state index in [1.807, 2.05) is 24.3 Å². The summed E-state index contributed by atoms with van der Waals surface area (Å²) in [5.74, 6) is 0.845. The molecule has 1 N–H and O–H groups in total. The fraction of sp³-hybridized carbons (Fsp3) is 0.667. The largest absolute Gasteiger partial charge is 0.465 e. The van der Waals surface area contributed by atoms with Crippen molar-refractivity contribution >= 4 is 11.9 Å². The molecule has 2 aliphatic carbocycles. The first-order valence-corrected chi connectivity index (χ1v) is 10.9. The maximum Gasteiger partial charge on any atom is 0.337 e. The molecule has 1 saturated heterocycles. The van der Waals surface area contributed by atoms with Crippen LogP contribution in [-0.2, 0) is 14.3 Å². The van der Waals surface area contributed by atoms with Gasteiger partial charge in [0, 0.05) is 19.1 Å². The molecule has 1 unspecified atom stereocenters. The molecule has 158 valence electrons. The van der Waals surface area contributed by atoms with Gasteiger partial charge in [-0.05, 0) is 66.0 Å². The fourth-order valence-corrected chi connectivity index (χ4v) is 6.50. The van der Waals surface area contributed by atoms with Crippen molar-refractivity contribution < 1.29 is 19.1 Å². The number of hydrogen-bond donors (Lipinski definition) is 1. The second kappa shape index (κ2) is 7.42. The van der Waals surface area contributed by atoms with Crippen LogP contribution in [0.15, 0.2) is 24.3 Å². The Hall–Kier alpha value is -1.88. The smallest absolute Gasteiger partial charge is 0.337 e. The molecule has 29 heavy (non-hydrogen) atoms. The highest BCUT2D eigenvalue weighted by Crippen LogP contribution is 2.70. The van der Waals surface area contributed by atoms with Crippen molar-refractivity contribution in [3.8, 4) is 0 Å². The summed E-state index contributed by atoms with van der Waals surface area (Å²) < 4.78 is 11.1. The zero-order valence-electron chi connectivity index (χ0n) is 18.0. The fourth-order valence-electron chi connectivity index (χ4n) is 6.50. The molecule has 0 aromatic heterocycles. The quantitative estimate of drug-likeness (QED) is 0.751. The number of methoxy groups -OCH3 is 1. The number of esters is 1. The van der Waals surface area contributed by atoms with Crippen LogP contribution in [0.4, 0.5) is 0 Å². The summed E-state index contributed by atoms with van der Waals surface area (Å²) in [6.07, 6.45) is 4.79. The predicted octanol–water partition coefficient (Wildman–Crippen LogP) is 4.27. The van der Waals surface area contributed by atoms with Gasteiger partial charge in [0.15, 0.2) is 0 Å². The average molecular weight is 400 g/mol. The first-order chi connectivity index (χ1) is 13.8. The Labute approximate surface area is 173 Å². The van der Waals surface area contributed by atoms with E-state index >= 15 is 0 Å². The van der Waals surface area contributed by atoms with Crippen molar-refractivity contribution in [3.63, 3.8) is 0 Å². The lowest BCUT2D eigenvalue weighted by Gasteiger charge is -2.53. The van der Waals surface area contributed by atoms with Gasteiger partial charge in [0.25, 0.3) is 0 Å². The molecule has 1 aromatic carbocycles. The highest BCUT2D eigenvalue weighted by atomic mass is 16.5. The molecule has 5 heteroatoms. The van der Waals surface area contributed by atoms with Crippen LogP contribution < -0.4 is 5.32 Å². The van der Waals surface area contributed by atoms with Crippen LogP contribution in [0.25, 0.3) is 0 Å². The van der Waals surface area contributed by atoms with Crippen LogP contribution in [0.1, 0.15) is 74.9 Å². The third-order valence-electron chi connectivity index (χ3n) is 7.95. The van der Waals surface area contributed by atoms with E-state index in [0.717, 1.165) is 24.8 Å². The van der Waals surface area contributed by atoms with Crippen LogP contribution in [0, 0.1) is 22.7 Å². The second-order valence-corrected chi connectivity index (χ2v) is 9.70. The van der Waals surface area contributed by atoms with Crippen molar-refractivity contribution in [2.45, 2.75) is 65.0 Å². The third-order valence-corrected chi connectivity index (χ3v) is 7.95. The van der Waals surface area contributed by atoms with Gasteiger partial charge in [-0.25, -0.2) is 4.79 Å². The summed E-state index contributed by atoms with van der Waals surface area (Å²) in [6, 6.07) is 7.83. The predicted molar refractivity (Wildman–Crippen MR) is 110 cm³/mol. The van der Waals surface area contributed by atoms with Crippen molar-refractivity contribution in [2.75, 3.05) is 13.7 Å². The summed E-state index contributed by atoms with van der Waals surface area (Å²) in [4.78, 5) is 24.3. The van der Waals surface area contributed by atoms with E-state index < -0.39 is 0 Å². The second-order valence-electron chi connectivity index (χ2n) is 9.70. The number of amides is 1. The number of rotatable bonds is 5.